The molecule has 0 unspecified atom stereocenters. The van der Waals surface area contributed by atoms with Gasteiger partial charge in [0.1, 0.15) is 23.2 Å². The third kappa shape index (κ3) is 8.03. The fraction of sp³-hybridized carbons (Fsp3) is 0.394. The standard InChI is InChI=1S/C33H38N8O2/c1-40(2)32-9-5-7-24(34-32)18-28(42)20-26-13-15-30(38-36-26)22-11-12-23(17-22)31-16-14-27(37-39-31)21-29(43)19-25-8-6-10-33(35-25)41(3)4/h5-10,13-16,22-23H,11-12,17-21H2,1-4H3/t22-,23-/m0/s1. The number of hydrogen-bond acceptors (Lipinski definition) is 10. The molecule has 1 fully saturated rings. The number of aromatic nitrogens is 6. The molecule has 43 heavy (non-hydrogen) atoms. The lowest BCUT2D eigenvalue weighted by molar-refractivity contribution is -0.118. The number of carbonyl (C=O) groups excluding carboxylic acids is 2. The third-order valence-electron chi connectivity index (χ3n) is 7.76. The third-order valence-corrected chi connectivity index (χ3v) is 7.76. The van der Waals surface area contributed by atoms with Crippen LogP contribution in [0.2, 0.25) is 0 Å². The van der Waals surface area contributed by atoms with Crippen molar-refractivity contribution in [1.82, 2.24) is 30.4 Å². The van der Waals surface area contributed by atoms with Gasteiger partial charge in [-0.2, -0.15) is 20.4 Å². The number of ketones is 2. The Kier molecular flexibility index (Phi) is 9.44. The van der Waals surface area contributed by atoms with Crippen molar-refractivity contribution >= 4 is 23.2 Å². The molecular weight excluding hydrogens is 540 g/mol. The van der Waals surface area contributed by atoms with E-state index in [1.54, 1.807) is 0 Å². The van der Waals surface area contributed by atoms with Crippen molar-refractivity contribution in [2.75, 3.05) is 38.0 Å². The summed E-state index contributed by atoms with van der Waals surface area (Å²) >= 11 is 0. The van der Waals surface area contributed by atoms with E-state index in [4.69, 9.17) is 0 Å². The highest BCUT2D eigenvalue weighted by atomic mass is 16.1. The zero-order valence-corrected chi connectivity index (χ0v) is 25.3. The van der Waals surface area contributed by atoms with Crippen molar-refractivity contribution in [1.29, 1.82) is 0 Å². The van der Waals surface area contributed by atoms with E-state index in [1.807, 2.05) is 98.7 Å². The maximum atomic E-state index is 12.6. The van der Waals surface area contributed by atoms with Crippen molar-refractivity contribution in [2.24, 2.45) is 0 Å². The lowest BCUT2D eigenvalue weighted by Crippen LogP contribution is -2.14. The van der Waals surface area contributed by atoms with Crippen molar-refractivity contribution in [3.8, 4) is 0 Å². The molecular formula is C33H38N8O2. The molecule has 1 aliphatic rings. The van der Waals surface area contributed by atoms with Gasteiger partial charge in [-0.25, -0.2) is 9.97 Å². The smallest absolute Gasteiger partial charge is 0.144 e. The van der Waals surface area contributed by atoms with E-state index < -0.39 is 0 Å². The van der Waals surface area contributed by atoms with E-state index in [-0.39, 0.29) is 49.1 Å². The van der Waals surface area contributed by atoms with E-state index in [9.17, 15) is 9.59 Å². The monoisotopic (exact) mass is 578 g/mol. The summed E-state index contributed by atoms with van der Waals surface area (Å²) in [5.74, 6) is 2.35. The summed E-state index contributed by atoms with van der Waals surface area (Å²) in [6, 6.07) is 19.2. The van der Waals surface area contributed by atoms with Crippen LogP contribution in [0, 0.1) is 0 Å². The van der Waals surface area contributed by atoms with Crippen LogP contribution in [-0.2, 0) is 35.3 Å². The van der Waals surface area contributed by atoms with Gasteiger partial charge >= 0.3 is 0 Å². The second kappa shape index (κ2) is 13.6. The van der Waals surface area contributed by atoms with Gasteiger partial charge in [0.25, 0.3) is 0 Å². The molecule has 0 N–H and O–H groups in total. The van der Waals surface area contributed by atoms with Gasteiger partial charge in [-0.15, -0.1) is 0 Å². The Bertz CT molecular complexity index is 1440. The van der Waals surface area contributed by atoms with Crippen molar-refractivity contribution < 1.29 is 9.59 Å². The molecule has 5 rings (SSSR count). The van der Waals surface area contributed by atoms with E-state index in [0.29, 0.717) is 11.4 Å². The van der Waals surface area contributed by atoms with Gasteiger partial charge < -0.3 is 9.80 Å². The molecule has 0 saturated heterocycles. The molecule has 0 radical (unpaired) electrons. The Hall–Kier alpha value is -4.60. The van der Waals surface area contributed by atoms with Gasteiger partial charge in [0.2, 0.25) is 0 Å². The number of pyridine rings is 2. The summed E-state index contributed by atoms with van der Waals surface area (Å²) in [5.41, 5.74) is 4.74. The van der Waals surface area contributed by atoms with Crippen LogP contribution >= 0.6 is 0 Å². The number of rotatable bonds is 12. The SMILES string of the molecule is CN(C)c1cccc(CC(=O)Cc2ccc([C@H]3CC[C@H](c4ccc(CC(=O)Cc5cccc(N(C)C)n5)nn4)C3)nn2)n1. The van der Waals surface area contributed by atoms with E-state index >= 15 is 0 Å². The van der Waals surface area contributed by atoms with Crippen molar-refractivity contribution in [3.05, 3.63) is 94.8 Å². The molecule has 4 aromatic rings. The zero-order valence-electron chi connectivity index (χ0n) is 25.3. The Balaban J connectivity index is 1.11. The first-order chi connectivity index (χ1) is 20.7. The lowest BCUT2D eigenvalue weighted by atomic mass is 9.98. The average molecular weight is 579 g/mol. The van der Waals surface area contributed by atoms with E-state index in [1.165, 1.54) is 0 Å². The fourth-order valence-electron chi connectivity index (χ4n) is 5.45. The largest absolute Gasteiger partial charge is 0.363 e. The summed E-state index contributed by atoms with van der Waals surface area (Å²) < 4.78 is 0. The van der Waals surface area contributed by atoms with Gasteiger partial charge in [0, 0.05) is 52.9 Å². The van der Waals surface area contributed by atoms with E-state index in [2.05, 4.69) is 30.4 Å². The van der Waals surface area contributed by atoms with Crippen LogP contribution < -0.4 is 9.80 Å². The number of carbonyl (C=O) groups is 2. The first-order valence-corrected chi connectivity index (χ1v) is 14.7. The van der Waals surface area contributed by atoms with Gasteiger partial charge in [-0.1, -0.05) is 12.1 Å². The lowest BCUT2D eigenvalue weighted by Gasteiger charge is -2.12. The van der Waals surface area contributed by atoms with Crippen LogP contribution in [0.15, 0.2) is 60.7 Å². The topological polar surface area (TPSA) is 118 Å². The fourth-order valence-corrected chi connectivity index (χ4v) is 5.45. The molecule has 0 spiro atoms. The number of nitrogens with zero attached hydrogens (tertiary/aromatic N) is 8. The Morgan fingerprint density at radius 1 is 0.581 bits per heavy atom. The van der Waals surface area contributed by atoms with Crippen LogP contribution in [0.5, 0.6) is 0 Å². The molecule has 0 aliphatic heterocycles. The summed E-state index contributed by atoms with van der Waals surface area (Å²) in [6.07, 6.45) is 3.91. The molecule has 2 atom stereocenters. The normalized spacial score (nSPS) is 16.2. The highest BCUT2D eigenvalue weighted by molar-refractivity contribution is 5.83. The molecule has 0 bridgehead atoms. The summed E-state index contributed by atoms with van der Waals surface area (Å²) in [4.78, 5) is 38.2. The first kappa shape index (κ1) is 29.9. The van der Waals surface area contributed by atoms with Crippen molar-refractivity contribution in [2.45, 2.75) is 56.8 Å². The molecule has 222 valence electrons. The molecule has 4 heterocycles. The average Bonchev–Trinajstić information content (AvgIpc) is 3.48. The van der Waals surface area contributed by atoms with Crippen LogP contribution in [0.4, 0.5) is 11.6 Å². The van der Waals surface area contributed by atoms with Crippen LogP contribution in [0.3, 0.4) is 0 Å². The van der Waals surface area contributed by atoms with Gasteiger partial charge in [0.05, 0.1) is 47.0 Å². The van der Waals surface area contributed by atoms with Crippen LogP contribution in [0.1, 0.15) is 65.3 Å². The minimum absolute atomic E-state index is 0.0605. The Labute approximate surface area is 252 Å². The maximum Gasteiger partial charge on any atom is 0.144 e. The molecule has 4 aromatic heterocycles. The Morgan fingerprint density at radius 2 is 1.00 bits per heavy atom. The number of Topliss-reactive ketones (excluding diaryl/α,β-unsaturated/α-hetero) is 2. The van der Waals surface area contributed by atoms with Gasteiger partial charge in [-0.05, 0) is 67.8 Å². The van der Waals surface area contributed by atoms with Crippen molar-refractivity contribution in [3.63, 3.8) is 0 Å². The number of hydrogen-bond donors (Lipinski definition) is 0. The molecule has 10 heteroatoms. The second-order valence-electron chi connectivity index (χ2n) is 11.7. The molecule has 1 aliphatic carbocycles. The molecule has 10 nitrogen and oxygen atoms in total. The zero-order chi connectivity index (χ0) is 30.3. The van der Waals surface area contributed by atoms with Gasteiger partial charge in [-0.3, -0.25) is 9.59 Å². The second-order valence-corrected chi connectivity index (χ2v) is 11.7. The Morgan fingerprint density at radius 3 is 1.37 bits per heavy atom. The first-order valence-electron chi connectivity index (χ1n) is 14.7. The quantitative estimate of drug-likeness (QED) is 0.245. The summed E-state index contributed by atoms with van der Waals surface area (Å²) in [6.45, 7) is 0. The molecule has 0 amide bonds. The minimum atomic E-state index is 0.0605. The minimum Gasteiger partial charge on any atom is -0.363 e. The predicted octanol–water partition coefficient (Wildman–Crippen LogP) is 3.95. The maximum absolute atomic E-state index is 12.6. The van der Waals surface area contributed by atoms with E-state index in [0.717, 1.165) is 53.7 Å². The van der Waals surface area contributed by atoms with Gasteiger partial charge in [0.15, 0.2) is 0 Å². The number of anilines is 2. The highest BCUT2D eigenvalue weighted by Crippen LogP contribution is 2.42. The summed E-state index contributed by atoms with van der Waals surface area (Å²) in [7, 11) is 7.71. The summed E-state index contributed by atoms with van der Waals surface area (Å²) in [5, 5.41) is 17.7. The highest BCUT2D eigenvalue weighted by Gasteiger charge is 2.29. The predicted molar refractivity (Wildman–Crippen MR) is 165 cm³/mol. The molecule has 1 saturated carbocycles. The van der Waals surface area contributed by atoms with Crippen LogP contribution in [0.25, 0.3) is 0 Å². The molecule has 0 aromatic carbocycles. The van der Waals surface area contributed by atoms with Crippen LogP contribution in [-0.4, -0.2) is 70.1 Å².